The van der Waals surface area contributed by atoms with E-state index in [1.165, 1.54) is 11.8 Å². The third-order valence-corrected chi connectivity index (χ3v) is 3.15. The lowest BCUT2D eigenvalue weighted by Gasteiger charge is -2.22. The molecule has 1 amide bonds. The fourth-order valence-electron chi connectivity index (χ4n) is 2.14. The summed E-state index contributed by atoms with van der Waals surface area (Å²) in [5.41, 5.74) is 0. The van der Waals surface area contributed by atoms with Crippen LogP contribution in [0.1, 0.15) is 46.5 Å². The standard InChI is InChI=1S/C13H21NO3/c1-9(2)6-7-12(16)11-5-4-8-14(11)13(17)10(3)15/h9,11H,4-8H2,1-3H3/t11-/m0/s1. The Morgan fingerprint density at radius 2 is 1.94 bits per heavy atom. The molecule has 1 aliphatic heterocycles. The largest absolute Gasteiger partial charge is 0.326 e. The normalized spacial score (nSPS) is 19.8. The van der Waals surface area contributed by atoms with Crippen LogP contribution < -0.4 is 0 Å². The molecule has 0 bridgehead atoms. The highest BCUT2D eigenvalue weighted by atomic mass is 16.2. The molecule has 0 spiro atoms. The molecule has 0 aromatic rings. The maximum atomic E-state index is 12.0. The fraction of sp³-hybridized carbons (Fsp3) is 0.769. The molecule has 1 aliphatic rings. The van der Waals surface area contributed by atoms with Crippen molar-refractivity contribution in [1.29, 1.82) is 0 Å². The molecule has 0 saturated carbocycles. The van der Waals surface area contributed by atoms with Crippen LogP contribution in [0.4, 0.5) is 0 Å². The molecule has 4 heteroatoms. The monoisotopic (exact) mass is 239 g/mol. The van der Waals surface area contributed by atoms with E-state index in [4.69, 9.17) is 0 Å². The Kier molecular flexibility index (Phi) is 4.85. The van der Waals surface area contributed by atoms with Crippen molar-refractivity contribution in [2.45, 2.75) is 52.5 Å². The molecule has 0 aromatic heterocycles. The van der Waals surface area contributed by atoms with Crippen LogP contribution in [0.5, 0.6) is 0 Å². The summed E-state index contributed by atoms with van der Waals surface area (Å²) >= 11 is 0. The average molecular weight is 239 g/mol. The molecule has 0 aromatic carbocycles. The number of carbonyl (C=O) groups excluding carboxylic acids is 3. The van der Waals surface area contributed by atoms with Gasteiger partial charge in [-0.1, -0.05) is 13.8 Å². The van der Waals surface area contributed by atoms with Crippen LogP contribution in [-0.2, 0) is 14.4 Å². The van der Waals surface area contributed by atoms with E-state index in [-0.39, 0.29) is 11.8 Å². The minimum atomic E-state index is -0.509. The van der Waals surface area contributed by atoms with E-state index in [0.29, 0.717) is 25.3 Å². The maximum absolute atomic E-state index is 12.0. The van der Waals surface area contributed by atoms with Gasteiger partial charge >= 0.3 is 0 Å². The van der Waals surface area contributed by atoms with E-state index >= 15 is 0 Å². The van der Waals surface area contributed by atoms with Crippen LogP contribution >= 0.6 is 0 Å². The summed E-state index contributed by atoms with van der Waals surface area (Å²) in [4.78, 5) is 36.1. The van der Waals surface area contributed by atoms with Gasteiger partial charge < -0.3 is 4.90 Å². The SMILES string of the molecule is CC(=O)C(=O)N1CCC[C@H]1C(=O)CCC(C)C. The van der Waals surface area contributed by atoms with E-state index in [2.05, 4.69) is 13.8 Å². The van der Waals surface area contributed by atoms with Gasteiger partial charge in [-0.3, -0.25) is 14.4 Å². The summed E-state index contributed by atoms with van der Waals surface area (Å²) in [5.74, 6) is -0.401. The Hall–Kier alpha value is -1.19. The van der Waals surface area contributed by atoms with Gasteiger partial charge in [0.25, 0.3) is 5.91 Å². The molecule has 1 saturated heterocycles. The smallest absolute Gasteiger partial charge is 0.290 e. The number of carbonyl (C=O) groups is 3. The zero-order chi connectivity index (χ0) is 13.0. The van der Waals surface area contributed by atoms with Gasteiger partial charge in [-0.05, 0) is 25.2 Å². The van der Waals surface area contributed by atoms with Gasteiger partial charge in [0.05, 0.1) is 6.04 Å². The van der Waals surface area contributed by atoms with Crippen molar-refractivity contribution in [2.75, 3.05) is 6.54 Å². The molecule has 96 valence electrons. The van der Waals surface area contributed by atoms with Gasteiger partial charge in [-0.2, -0.15) is 0 Å². The van der Waals surface area contributed by atoms with Crippen LogP contribution in [-0.4, -0.2) is 35.0 Å². The lowest BCUT2D eigenvalue weighted by Crippen LogP contribution is -2.43. The van der Waals surface area contributed by atoms with E-state index in [1.807, 2.05) is 0 Å². The summed E-state index contributed by atoms with van der Waals surface area (Å²) < 4.78 is 0. The Bertz CT molecular complexity index is 323. The van der Waals surface area contributed by atoms with E-state index in [1.54, 1.807) is 0 Å². The first-order chi connectivity index (χ1) is 7.93. The van der Waals surface area contributed by atoms with E-state index in [9.17, 15) is 14.4 Å². The van der Waals surface area contributed by atoms with Gasteiger partial charge in [-0.15, -0.1) is 0 Å². The van der Waals surface area contributed by atoms with Crippen molar-refractivity contribution in [3.8, 4) is 0 Å². The number of nitrogens with zero attached hydrogens (tertiary/aromatic N) is 1. The minimum Gasteiger partial charge on any atom is -0.326 e. The number of rotatable bonds is 5. The number of hydrogen-bond acceptors (Lipinski definition) is 3. The van der Waals surface area contributed by atoms with Crippen molar-refractivity contribution < 1.29 is 14.4 Å². The molecule has 0 radical (unpaired) electrons. The predicted molar refractivity (Wildman–Crippen MR) is 64.5 cm³/mol. The molecule has 0 aliphatic carbocycles. The summed E-state index contributed by atoms with van der Waals surface area (Å²) in [6, 6.07) is -0.356. The first-order valence-corrected chi connectivity index (χ1v) is 6.27. The highest BCUT2D eigenvalue weighted by Gasteiger charge is 2.34. The van der Waals surface area contributed by atoms with Crippen LogP contribution in [0.25, 0.3) is 0 Å². The summed E-state index contributed by atoms with van der Waals surface area (Å²) in [7, 11) is 0. The minimum absolute atomic E-state index is 0.103. The number of ketones is 2. The highest BCUT2D eigenvalue weighted by Crippen LogP contribution is 2.21. The zero-order valence-corrected chi connectivity index (χ0v) is 10.9. The Balaban J connectivity index is 2.60. The number of hydrogen-bond donors (Lipinski definition) is 0. The molecule has 0 unspecified atom stereocenters. The number of amides is 1. The molecular weight excluding hydrogens is 218 g/mol. The highest BCUT2D eigenvalue weighted by molar-refractivity contribution is 6.35. The fourth-order valence-corrected chi connectivity index (χ4v) is 2.14. The quantitative estimate of drug-likeness (QED) is 0.684. The van der Waals surface area contributed by atoms with Crippen molar-refractivity contribution in [1.82, 2.24) is 4.90 Å². The second kappa shape index (κ2) is 5.94. The Morgan fingerprint density at radius 1 is 1.29 bits per heavy atom. The van der Waals surface area contributed by atoms with E-state index in [0.717, 1.165) is 12.8 Å². The van der Waals surface area contributed by atoms with Crippen LogP contribution in [0, 0.1) is 5.92 Å². The second-order valence-electron chi connectivity index (χ2n) is 5.11. The maximum Gasteiger partial charge on any atom is 0.290 e. The number of Topliss-reactive ketones (excluding diaryl/α,β-unsaturated/α-hetero) is 2. The molecule has 1 fully saturated rings. The molecular formula is C13H21NO3. The third-order valence-electron chi connectivity index (χ3n) is 3.15. The summed E-state index contributed by atoms with van der Waals surface area (Å²) in [6.45, 7) is 5.94. The van der Waals surface area contributed by atoms with E-state index < -0.39 is 11.7 Å². The van der Waals surface area contributed by atoms with Crippen LogP contribution in [0.2, 0.25) is 0 Å². The first kappa shape index (κ1) is 13.9. The molecule has 17 heavy (non-hydrogen) atoms. The lowest BCUT2D eigenvalue weighted by molar-refractivity contribution is -0.146. The van der Waals surface area contributed by atoms with Crippen molar-refractivity contribution in [2.24, 2.45) is 5.92 Å². The Labute approximate surface area is 102 Å². The van der Waals surface area contributed by atoms with Crippen LogP contribution in [0.3, 0.4) is 0 Å². The van der Waals surface area contributed by atoms with Gasteiger partial charge in [0.15, 0.2) is 5.78 Å². The zero-order valence-electron chi connectivity index (χ0n) is 10.9. The summed E-state index contributed by atoms with van der Waals surface area (Å²) in [5, 5.41) is 0. The second-order valence-corrected chi connectivity index (χ2v) is 5.11. The van der Waals surface area contributed by atoms with Crippen LogP contribution in [0.15, 0.2) is 0 Å². The van der Waals surface area contributed by atoms with Gasteiger partial charge in [0, 0.05) is 19.9 Å². The molecule has 0 N–H and O–H groups in total. The first-order valence-electron chi connectivity index (χ1n) is 6.27. The summed E-state index contributed by atoms with van der Waals surface area (Å²) in [6.07, 6.45) is 2.87. The molecule has 4 nitrogen and oxygen atoms in total. The lowest BCUT2D eigenvalue weighted by atomic mass is 10.0. The molecule has 1 atom stereocenters. The average Bonchev–Trinajstić information content (AvgIpc) is 2.73. The molecule has 1 rings (SSSR count). The van der Waals surface area contributed by atoms with Gasteiger partial charge in [0.2, 0.25) is 5.78 Å². The third kappa shape index (κ3) is 3.65. The van der Waals surface area contributed by atoms with Crippen molar-refractivity contribution >= 4 is 17.5 Å². The topological polar surface area (TPSA) is 54.5 Å². The predicted octanol–water partition coefficient (Wildman–Crippen LogP) is 1.57. The Morgan fingerprint density at radius 3 is 2.47 bits per heavy atom. The molecule has 1 heterocycles. The number of likely N-dealkylation sites (tertiary alicyclic amines) is 1. The van der Waals surface area contributed by atoms with Gasteiger partial charge in [0.1, 0.15) is 0 Å². The van der Waals surface area contributed by atoms with Crippen molar-refractivity contribution in [3.63, 3.8) is 0 Å². The van der Waals surface area contributed by atoms with Crippen molar-refractivity contribution in [3.05, 3.63) is 0 Å². The van der Waals surface area contributed by atoms with Gasteiger partial charge in [-0.25, -0.2) is 0 Å².